The first-order chi connectivity index (χ1) is 9.88. The van der Waals surface area contributed by atoms with Crippen molar-refractivity contribution in [3.05, 3.63) is 42.7 Å². The van der Waals surface area contributed by atoms with Crippen molar-refractivity contribution in [2.75, 3.05) is 43.1 Å². The van der Waals surface area contributed by atoms with Crippen molar-refractivity contribution in [1.29, 1.82) is 0 Å². The van der Waals surface area contributed by atoms with E-state index in [1.807, 2.05) is 24.3 Å². The number of ether oxygens (including phenoxy) is 1. The summed E-state index contributed by atoms with van der Waals surface area (Å²) in [5, 5.41) is 0. The SMILES string of the molecule is COc1ccccc1N1CCN(c2ncccn2)CC1. The molecule has 1 aromatic carbocycles. The van der Waals surface area contributed by atoms with Crippen LogP contribution in [0.4, 0.5) is 11.6 Å². The lowest BCUT2D eigenvalue weighted by atomic mass is 10.2. The van der Waals surface area contributed by atoms with Crippen molar-refractivity contribution in [3.63, 3.8) is 0 Å². The fraction of sp³-hybridized carbons (Fsp3) is 0.333. The summed E-state index contributed by atoms with van der Waals surface area (Å²) in [4.78, 5) is 13.2. The predicted molar refractivity (Wildman–Crippen MR) is 79.5 cm³/mol. The highest BCUT2D eigenvalue weighted by Gasteiger charge is 2.20. The van der Waals surface area contributed by atoms with Crippen LogP contribution in [0.1, 0.15) is 0 Å². The minimum atomic E-state index is 0.812. The Hall–Kier alpha value is -2.30. The van der Waals surface area contributed by atoms with Crippen LogP contribution in [-0.4, -0.2) is 43.3 Å². The summed E-state index contributed by atoms with van der Waals surface area (Å²) in [5.74, 6) is 1.74. The molecule has 104 valence electrons. The second-order valence-corrected chi connectivity index (χ2v) is 4.69. The van der Waals surface area contributed by atoms with E-state index in [2.05, 4.69) is 25.8 Å². The van der Waals surface area contributed by atoms with E-state index >= 15 is 0 Å². The van der Waals surface area contributed by atoms with Gasteiger partial charge < -0.3 is 14.5 Å². The first-order valence-corrected chi connectivity index (χ1v) is 6.78. The van der Waals surface area contributed by atoms with Crippen molar-refractivity contribution >= 4 is 11.6 Å². The maximum atomic E-state index is 5.43. The molecule has 1 aliphatic rings. The monoisotopic (exact) mass is 270 g/mol. The molecule has 3 rings (SSSR count). The van der Waals surface area contributed by atoms with Crippen molar-refractivity contribution in [3.8, 4) is 5.75 Å². The highest BCUT2D eigenvalue weighted by molar-refractivity contribution is 5.59. The fourth-order valence-corrected chi connectivity index (χ4v) is 2.49. The maximum absolute atomic E-state index is 5.43. The number of aromatic nitrogens is 2. The molecule has 5 nitrogen and oxygen atoms in total. The van der Waals surface area contributed by atoms with Gasteiger partial charge in [0, 0.05) is 38.6 Å². The Kier molecular flexibility index (Phi) is 3.67. The standard InChI is InChI=1S/C15H18N4O/c1-20-14-6-3-2-5-13(14)18-9-11-19(12-10-18)15-16-7-4-8-17-15/h2-8H,9-12H2,1H3. The van der Waals surface area contributed by atoms with Gasteiger partial charge in [-0.15, -0.1) is 0 Å². The summed E-state index contributed by atoms with van der Waals surface area (Å²) in [6, 6.07) is 9.99. The largest absolute Gasteiger partial charge is 0.495 e. The summed E-state index contributed by atoms with van der Waals surface area (Å²) < 4.78 is 5.43. The van der Waals surface area contributed by atoms with E-state index in [1.54, 1.807) is 19.5 Å². The van der Waals surface area contributed by atoms with Gasteiger partial charge in [-0.3, -0.25) is 0 Å². The van der Waals surface area contributed by atoms with Crippen LogP contribution in [0.25, 0.3) is 0 Å². The van der Waals surface area contributed by atoms with E-state index in [-0.39, 0.29) is 0 Å². The van der Waals surface area contributed by atoms with E-state index < -0.39 is 0 Å². The number of methoxy groups -OCH3 is 1. The molecule has 0 bridgehead atoms. The van der Waals surface area contributed by atoms with E-state index in [1.165, 1.54) is 0 Å². The highest BCUT2D eigenvalue weighted by Crippen LogP contribution is 2.28. The lowest BCUT2D eigenvalue weighted by Gasteiger charge is -2.36. The van der Waals surface area contributed by atoms with Gasteiger partial charge in [0.1, 0.15) is 5.75 Å². The summed E-state index contributed by atoms with van der Waals surface area (Å²) >= 11 is 0. The molecule has 20 heavy (non-hydrogen) atoms. The van der Waals surface area contributed by atoms with Gasteiger partial charge in [-0.2, -0.15) is 0 Å². The van der Waals surface area contributed by atoms with E-state index in [0.717, 1.165) is 43.6 Å². The molecule has 2 heterocycles. The molecule has 2 aromatic rings. The molecule has 0 radical (unpaired) electrons. The van der Waals surface area contributed by atoms with Crippen molar-refractivity contribution in [2.45, 2.75) is 0 Å². The van der Waals surface area contributed by atoms with Gasteiger partial charge in [0.05, 0.1) is 12.8 Å². The first-order valence-electron chi connectivity index (χ1n) is 6.78. The Morgan fingerprint density at radius 3 is 2.25 bits per heavy atom. The number of rotatable bonds is 3. The number of benzene rings is 1. The summed E-state index contributed by atoms with van der Waals surface area (Å²) in [6.07, 6.45) is 3.57. The van der Waals surface area contributed by atoms with Crippen LogP contribution in [0.2, 0.25) is 0 Å². The highest BCUT2D eigenvalue weighted by atomic mass is 16.5. The van der Waals surface area contributed by atoms with Gasteiger partial charge in [-0.25, -0.2) is 9.97 Å². The van der Waals surface area contributed by atoms with Gasteiger partial charge >= 0.3 is 0 Å². The molecule has 5 heteroatoms. The normalized spacial score (nSPS) is 15.2. The zero-order chi connectivity index (χ0) is 13.8. The topological polar surface area (TPSA) is 41.5 Å². The third-order valence-electron chi connectivity index (χ3n) is 3.54. The summed E-state index contributed by atoms with van der Waals surface area (Å²) in [7, 11) is 1.72. The van der Waals surface area contributed by atoms with E-state index in [9.17, 15) is 0 Å². The third-order valence-corrected chi connectivity index (χ3v) is 3.54. The fourth-order valence-electron chi connectivity index (χ4n) is 2.49. The van der Waals surface area contributed by atoms with Crippen LogP contribution in [-0.2, 0) is 0 Å². The van der Waals surface area contributed by atoms with Gasteiger partial charge in [0.25, 0.3) is 0 Å². The molecule has 0 saturated carbocycles. The van der Waals surface area contributed by atoms with E-state index in [4.69, 9.17) is 4.74 Å². The quantitative estimate of drug-likeness (QED) is 0.851. The zero-order valence-electron chi connectivity index (χ0n) is 11.6. The average Bonchev–Trinajstić information content (AvgIpc) is 2.56. The molecule has 0 N–H and O–H groups in total. The summed E-state index contributed by atoms with van der Waals surface area (Å²) in [6.45, 7) is 3.72. The Morgan fingerprint density at radius 1 is 0.900 bits per heavy atom. The third kappa shape index (κ3) is 2.52. The molecule has 0 aliphatic carbocycles. The molecule has 0 spiro atoms. The van der Waals surface area contributed by atoms with Crippen molar-refractivity contribution in [2.24, 2.45) is 0 Å². The van der Waals surface area contributed by atoms with Crippen LogP contribution < -0.4 is 14.5 Å². The maximum Gasteiger partial charge on any atom is 0.225 e. The Morgan fingerprint density at radius 2 is 1.55 bits per heavy atom. The molecule has 1 saturated heterocycles. The minimum absolute atomic E-state index is 0.812. The predicted octanol–water partition coefficient (Wildman–Crippen LogP) is 1.81. The van der Waals surface area contributed by atoms with Gasteiger partial charge in [-0.1, -0.05) is 12.1 Å². The van der Waals surface area contributed by atoms with Gasteiger partial charge in [-0.05, 0) is 18.2 Å². The first kappa shape index (κ1) is 12.7. The Labute approximate surface area is 118 Å². The summed E-state index contributed by atoms with van der Waals surface area (Å²) in [5.41, 5.74) is 1.16. The number of para-hydroxylation sites is 2. The molecule has 0 amide bonds. The smallest absolute Gasteiger partial charge is 0.225 e. The lowest BCUT2D eigenvalue weighted by molar-refractivity contribution is 0.413. The second-order valence-electron chi connectivity index (χ2n) is 4.69. The van der Waals surface area contributed by atoms with Gasteiger partial charge in [0.15, 0.2) is 0 Å². The minimum Gasteiger partial charge on any atom is -0.495 e. The van der Waals surface area contributed by atoms with Gasteiger partial charge in [0.2, 0.25) is 5.95 Å². The number of hydrogen-bond acceptors (Lipinski definition) is 5. The average molecular weight is 270 g/mol. The second kappa shape index (κ2) is 5.77. The number of piperazine rings is 1. The molecular weight excluding hydrogens is 252 g/mol. The molecule has 0 unspecified atom stereocenters. The van der Waals surface area contributed by atoms with Crippen LogP contribution in [0, 0.1) is 0 Å². The molecule has 1 fully saturated rings. The Balaban J connectivity index is 1.70. The molecular formula is C15H18N4O. The number of anilines is 2. The molecule has 0 atom stereocenters. The van der Waals surface area contributed by atoms with E-state index in [0.29, 0.717) is 0 Å². The lowest BCUT2D eigenvalue weighted by Crippen LogP contribution is -2.47. The zero-order valence-corrected chi connectivity index (χ0v) is 11.6. The Bertz CT molecular complexity index is 553. The van der Waals surface area contributed by atoms with Crippen LogP contribution in [0.15, 0.2) is 42.7 Å². The van der Waals surface area contributed by atoms with Crippen molar-refractivity contribution in [1.82, 2.24) is 9.97 Å². The molecule has 1 aliphatic heterocycles. The van der Waals surface area contributed by atoms with Crippen LogP contribution in [0.3, 0.4) is 0 Å². The molecule has 1 aromatic heterocycles. The van der Waals surface area contributed by atoms with Crippen LogP contribution in [0.5, 0.6) is 5.75 Å². The number of nitrogens with zero attached hydrogens (tertiary/aromatic N) is 4. The number of hydrogen-bond donors (Lipinski definition) is 0. The van der Waals surface area contributed by atoms with Crippen LogP contribution >= 0.6 is 0 Å². The van der Waals surface area contributed by atoms with Crippen molar-refractivity contribution < 1.29 is 4.74 Å².